The summed E-state index contributed by atoms with van der Waals surface area (Å²) in [5.41, 5.74) is 7.79. The smallest absolute Gasteiger partial charge is 0.410 e. The summed E-state index contributed by atoms with van der Waals surface area (Å²) >= 11 is 0. The minimum atomic E-state index is -0.396. The predicted molar refractivity (Wildman–Crippen MR) is 66.6 cm³/mol. The Morgan fingerprint density at radius 2 is 2.28 bits per heavy atom. The quantitative estimate of drug-likeness (QED) is 0.780. The molecule has 18 heavy (non-hydrogen) atoms. The van der Waals surface area contributed by atoms with Crippen LogP contribution in [0.3, 0.4) is 0 Å². The number of anilines is 1. The molecule has 1 heterocycles. The summed E-state index contributed by atoms with van der Waals surface area (Å²) in [6, 6.07) is 2.93. The monoisotopic (exact) mass is 252 g/mol. The lowest BCUT2D eigenvalue weighted by atomic mass is 10.0. The second-order valence-electron chi connectivity index (χ2n) is 4.32. The maximum absolute atomic E-state index is 13.8. The van der Waals surface area contributed by atoms with Gasteiger partial charge in [-0.2, -0.15) is 0 Å². The Bertz CT molecular complexity index is 463. The molecule has 0 saturated heterocycles. The normalized spacial score (nSPS) is 14.9. The number of nitrogens with zero attached hydrogens (tertiary/aromatic N) is 1. The van der Waals surface area contributed by atoms with Gasteiger partial charge in [0.15, 0.2) is 0 Å². The number of nitrogen functional groups attached to an aromatic ring is 1. The van der Waals surface area contributed by atoms with Crippen LogP contribution in [-0.2, 0) is 17.7 Å². The molecule has 2 rings (SSSR count). The van der Waals surface area contributed by atoms with E-state index in [9.17, 15) is 9.18 Å². The molecule has 0 atom stereocenters. The minimum Gasteiger partial charge on any atom is -0.450 e. The molecule has 0 aliphatic carbocycles. The first kappa shape index (κ1) is 12.7. The zero-order valence-electron chi connectivity index (χ0n) is 10.4. The highest BCUT2D eigenvalue weighted by Crippen LogP contribution is 2.26. The van der Waals surface area contributed by atoms with E-state index in [2.05, 4.69) is 0 Å². The first-order valence-corrected chi connectivity index (χ1v) is 6.11. The maximum Gasteiger partial charge on any atom is 0.410 e. The molecule has 1 aliphatic rings. The zero-order chi connectivity index (χ0) is 13.1. The molecule has 0 saturated carbocycles. The summed E-state index contributed by atoms with van der Waals surface area (Å²) in [7, 11) is 0. The molecule has 2 N–H and O–H groups in total. The van der Waals surface area contributed by atoms with Crippen molar-refractivity contribution in [3.05, 3.63) is 29.1 Å². The molecule has 1 amide bonds. The van der Waals surface area contributed by atoms with E-state index in [1.165, 1.54) is 11.0 Å². The summed E-state index contributed by atoms with van der Waals surface area (Å²) in [5.74, 6) is -0.310. The number of carbonyl (C=O) groups is 1. The minimum absolute atomic E-state index is 0.227. The molecule has 0 radical (unpaired) electrons. The lowest BCUT2D eigenvalue weighted by Crippen LogP contribution is -2.31. The van der Waals surface area contributed by atoms with Crippen LogP contribution in [0.5, 0.6) is 0 Å². The Morgan fingerprint density at radius 3 is 3.00 bits per heavy atom. The van der Waals surface area contributed by atoms with Crippen molar-refractivity contribution >= 4 is 11.8 Å². The van der Waals surface area contributed by atoms with E-state index in [1.807, 2.05) is 0 Å². The molecule has 0 unspecified atom stereocenters. The van der Waals surface area contributed by atoms with Gasteiger partial charge in [0, 0.05) is 17.8 Å². The number of fused-ring (bicyclic) bond motifs is 1. The SMILES string of the molecule is CCOC(=O)N1CCCc2c(N)ccc(F)c2C1. The largest absolute Gasteiger partial charge is 0.450 e. The van der Waals surface area contributed by atoms with Crippen LogP contribution in [0.15, 0.2) is 12.1 Å². The van der Waals surface area contributed by atoms with E-state index in [0.29, 0.717) is 30.8 Å². The second kappa shape index (κ2) is 5.25. The average molecular weight is 252 g/mol. The summed E-state index contributed by atoms with van der Waals surface area (Å²) in [6.07, 6.45) is 1.06. The second-order valence-corrected chi connectivity index (χ2v) is 4.32. The van der Waals surface area contributed by atoms with Crippen LogP contribution in [0.2, 0.25) is 0 Å². The molecule has 1 aromatic carbocycles. The van der Waals surface area contributed by atoms with Crippen molar-refractivity contribution in [1.82, 2.24) is 4.90 Å². The van der Waals surface area contributed by atoms with Crippen molar-refractivity contribution in [2.75, 3.05) is 18.9 Å². The molecular formula is C13H17FN2O2. The van der Waals surface area contributed by atoms with Gasteiger partial charge in [-0.05, 0) is 37.5 Å². The van der Waals surface area contributed by atoms with E-state index >= 15 is 0 Å². The highest BCUT2D eigenvalue weighted by Gasteiger charge is 2.23. The van der Waals surface area contributed by atoms with Gasteiger partial charge in [-0.25, -0.2) is 9.18 Å². The summed E-state index contributed by atoms with van der Waals surface area (Å²) in [5, 5.41) is 0. The third-order valence-electron chi connectivity index (χ3n) is 3.14. The number of hydrogen-bond acceptors (Lipinski definition) is 3. The fourth-order valence-electron chi connectivity index (χ4n) is 2.24. The summed E-state index contributed by atoms with van der Waals surface area (Å²) in [4.78, 5) is 13.2. The molecule has 98 valence electrons. The number of halogens is 1. The Balaban J connectivity index is 2.29. The van der Waals surface area contributed by atoms with Crippen LogP contribution in [0.25, 0.3) is 0 Å². The van der Waals surface area contributed by atoms with Gasteiger partial charge in [-0.3, -0.25) is 0 Å². The van der Waals surface area contributed by atoms with Gasteiger partial charge in [0.2, 0.25) is 0 Å². The Labute approximate surface area is 106 Å². The molecule has 5 heteroatoms. The first-order valence-electron chi connectivity index (χ1n) is 6.11. The standard InChI is InChI=1S/C13H17FN2O2/c1-2-18-13(17)16-7-3-4-9-10(8-16)11(14)5-6-12(9)15/h5-6H,2-4,7-8,15H2,1H3. The van der Waals surface area contributed by atoms with Crippen LogP contribution in [0.4, 0.5) is 14.9 Å². The third kappa shape index (κ3) is 2.39. The van der Waals surface area contributed by atoms with Gasteiger partial charge in [0.25, 0.3) is 0 Å². The average Bonchev–Trinajstić information content (AvgIpc) is 2.58. The van der Waals surface area contributed by atoms with Gasteiger partial charge in [0.05, 0.1) is 13.2 Å². The first-order chi connectivity index (χ1) is 8.63. The van der Waals surface area contributed by atoms with Crippen molar-refractivity contribution in [2.45, 2.75) is 26.3 Å². The van der Waals surface area contributed by atoms with Gasteiger partial charge in [0.1, 0.15) is 5.82 Å². The Morgan fingerprint density at radius 1 is 1.50 bits per heavy atom. The van der Waals surface area contributed by atoms with Gasteiger partial charge in [-0.15, -0.1) is 0 Å². The highest BCUT2D eigenvalue weighted by atomic mass is 19.1. The van der Waals surface area contributed by atoms with Crippen LogP contribution in [-0.4, -0.2) is 24.1 Å². The van der Waals surface area contributed by atoms with Crippen LogP contribution < -0.4 is 5.73 Å². The molecule has 4 nitrogen and oxygen atoms in total. The van der Waals surface area contributed by atoms with Crippen LogP contribution in [0.1, 0.15) is 24.5 Å². The van der Waals surface area contributed by atoms with Gasteiger partial charge >= 0.3 is 6.09 Å². The van der Waals surface area contributed by atoms with Crippen molar-refractivity contribution < 1.29 is 13.9 Å². The number of carbonyl (C=O) groups excluding carboxylic acids is 1. The summed E-state index contributed by atoms with van der Waals surface area (Å²) < 4.78 is 18.8. The molecule has 0 fully saturated rings. The number of rotatable bonds is 1. The van der Waals surface area contributed by atoms with E-state index in [1.54, 1.807) is 13.0 Å². The van der Waals surface area contributed by atoms with Crippen molar-refractivity contribution in [3.63, 3.8) is 0 Å². The fourth-order valence-corrected chi connectivity index (χ4v) is 2.24. The van der Waals surface area contributed by atoms with E-state index < -0.39 is 6.09 Å². The van der Waals surface area contributed by atoms with E-state index in [0.717, 1.165) is 12.0 Å². The number of benzene rings is 1. The fraction of sp³-hybridized carbons (Fsp3) is 0.462. The number of hydrogen-bond donors (Lipinski definition) is 1. The zero-order valence-corrected chi connectivity index (χ0v) is 10.4. The predicted octanol–water partition coefficient (Wildman–Crippen LogP) is 2.31. The summed E-state index contributed by atoms with van der Waals surface area (Å²) in [6.45, 7) is 2.86. The van der Waals surface area contributed by atoms with E-state index in [-0.39, 0.29) is 12.4 Å². The van der Waals surface area contributed by atoms with Crippen molar-refractivity contribution in [3.8, 4) is 0 Å². The lowest BCUT2D eigenvalue weighted by molar-refractivity contribution is 0.105. The van der Waals surface area contributed by atoms with Crippen molar-refractivity contribution in [2.24, 2.45) is 0 Å². The Hall–Kier alpha value is -1.78. The van der Waals surface area contributed by atoms with Crippen LogP contribution >= 0.6 is 0 Å². The van der Waals surface area contributed by atoms with Gasteiger partial charge < -0.3 is 15.4 Å². The number of ether oxygens (including phenoxy) is 1. The third-order valence-corrected chi connectivity index (χ3v) is 3.14. The maximum atomic E-state index is 13.8. The molecule has 0 spiro atoms. The molecule has 0 aromatic heterocycles. The highest BCUT2D eigenvalue weighted by molar-refractivity contribution is 5.68. The van der Waals surface area contributed by atoms with Crippen molar-refractivity contribution in [1.29, 1.82) is 0 Å². The molecule has 0 bridgehead atoms. The molecule has 1 aromatic rings. The number of nitrogens with two attached hydrogens (primary N) is 1. The molecular weight excluding hydrogens is 235 g/mol. The topological polar surface area (TPSA) is 55.6 Å². The van der Waals surface area contributed by atoms with Gasteiger partial charge in [-0.1, -0.05) is 0 Å². The Kier molecular flexibility index (Phi) is 3.69. The molecule has 1 aliphatic heterocycles. The lowest BCUT2D eigenvalue weighted by Gasteiger charge is -2.20. The van der Waals surface area contributed by atoms with E-state index in [4.69, 9.17) is 10.5 Å². The number of amides is 1. The van der Waals surface area contributed by atoms with Crippen LogP contribution in [0, 0.1) is 5.82 Å².